The van der Waals surface area contributed by atoms with Crippen LogP contribution in [0.15, 0.2) is 17.0 Å². The van der Waals surface area contributed by atoms with Gasteiger partial charge in [-0.25, -0.2) is 4.98 Å². The molecule has 2 N–H and O–H groups in total. The van der Waals surface area contributed by atoms with Crippen LogP contribution in [0, 0.1) is 0 Å². The predicted molar refractivity (Wildman–Crippen MR) is 64.0 cm³/mol. The summed E-state index contributed by atoms with van der Waals surface area (Å²) in [7, 11) is 0. The molecular weight excluding hydrogens is 263 g/mol. The maximum atomic E-state index is 12.4. The molecule has 0 saturated heterocycles. The van der Waals surface area contributed by atoms with Gasteiger partial charge in [-0.05, 0) is 6.42 Å². The average molecular weight is 277 g/mol. The zero-order chi connectivity index (χ0) is 13.2. The normalized spacial score (nSPS) is 17.9. The van der Waals surface area contributed by atoms with Crippen molar-refractivity contribution in [2.45, 2.75) is 25.7 Å². The monoisotopic (exact) mass is 277 g/mol. The van der Waals surface area contributed by atoms with E-state index in [1.54, 1.807) is 0 Å². The van der Waals surface area contributed by atoms with Crippen molar-refractivity contribution in [1.29, 1.82) is 0 Å². The first-order valence-corrected chi connectivity index (χ1v) is 6.49. The van der Waals surface area contributed by atoms with E-state index in [1.807, 2.05) is 10.3 Å². The van der Waals surface area contributed by atoms with Crippen molar-refractivity contribution in [1.82, 2.24) is 9.88 Å². The van der Waals surface area contributed by atoms with Gasteiger partial charge in [0, 0.05) is 37.1 Å². The van der Waals surface area contributed by atoms with Gasteiger partial charge in [-0.3, -0.25) is 4.90 Å². The first kappa shape index (κ1) is 13.5. The number of halogens is 3. The number of aromatic nitrogens is 1. The number of alkyl halides is 3. The lowest BCUT2D eigenvalue weighted by molar-refractivity contribution is -0.0960. The highest BCUT2D eigenvalue weighted by Gasteiger charge is 2.34. The highest BCUT2D eigenvalue weighted by Crippen LogP contribution is 2.30. The van der Waals surface area contributed by atoms with Gasteiger partial charge < -0.3 is 5.73 Å². The van der Waals surface area contributed by atoms with Gasteiger partial charge in [-0.1, -0.05) is 6.08 Å². The van der Waals surface area contributed by atoms with Crippen LogP contribution < -0.4 is 5.73 Å². The van der Waals surface area contributed by atoms with E-state index in [0.717, 1.165) is 10.7 Å². The largest absolute Gasteiger partial charge is 0.412 e. The zero-order valence-electron chi connectivity index (χ0n) is 9.70. The second-order valence-electron chi connectivity index (χ2n) is 4.15. The maximum Gasteiger partial charge on any atom is 0.412 e. The van der Waals surface area contributed by atoms with Crippen molar-refractivity contribution in [3.05, 3.63) is 27.7 Å². The van der Waals surface area contributed by atoms with Gasteiger partial charge in [-0.2, -0.15) is 13.2 Å². The van der Waals surface area contributed by atoms with Crippen molar-refractivity contribution in [3.63, 3.8) is 0 Å². The van der Waals surface area contributed by atoms with E-state index < -0.39 is 11.7 Å². The highest BCUT2D eigenvalue weighted by atomic mass is 32.1. The number of hydrogen-bond donors (Lipinski definition) is 1. The van der Waals surface area contributed by atoms with Crippen molar-refractivity contribution in [2.24, 2.45) is 5.73 Å². The van der Waals surface area contributed by atoms with Crippen LogP contribution in [0.4, 0.5) is 13.2 Å². The standard InChI is InChI=1S/C11H14F3N3S/c12-11(13,14)8-1-3-17(4-2-8)6-9-7-18-10(5-15)16-9/h1,7H,2-6,15H2. The third-order valence-corrected chi connectivity index (χ3v) is 3.74. The molecule has 0 atom stereocenters. The van der Waals surface area contributed by atoms with Crippen LogP contribution in [0.3, 0.4) is 0 Å². The Hall–Kier alpha value is -0.920. The summed E-state index contributed by atoms with van der Waals surface area (Å²) >= 11 is 1.48. The summed E-state index contributed by atoms with van der Waals surface area (Å²) < 4.78 is 37.3. The molecule has 0 radical (unpaired) electrons. The van der Waals surface area contributed by atoms with Crippen molar-refractivity contribution in [2.75, 3.05) is 13.1 Å². The highest BCUT2D eigenvalue weighted by molar-refractivity contribution is 7.09. The fourth-order valence-electron chi connectivity index (χ4n) is 1.86. The number of hydrogen-bond acceptors (Lipinski definition) is 4. The fraction of sp³-hybridized carbons (Fsp3) is 0.545. The average Bonchev–Trinajstić information content (AvgIpc) is 2.76. The molecule has 0 unspecified atom stereocenters. The van der Waals surface area contributed by atoms with Crippen LogP contribution in [0.1, 0.15) is 17.1 Å². The topological polar surface area (TPSA) is 42.1 Å². The van der Waals surface area contributed by atoms with Gasteiger partial charge in [-0.15, -0.1) is 11.3 Å². The second-order valence-corrected chi connectivity index (χ2v) is 5.09. The molecule has 2 rings (SSSR count). The van der Waals surface area contributed by atoms with Gasteiger partial charge >= 0.3 is 6.18 Å². The van der Waals surface area contributed by atoms with Crippen LogP contribution in [0.5, 0.6) is 0 Å². The molecule has 0 amide bonds. The quantitative estimate of drug-likeness (QED) is 0.862. The molecule has 0 aliphatic carbocycles. The van der Waals surface area contributed by atoms with Gasteiger partial charge in [0.1, 0.15) is 5.01 Å². The summed E-state index contributed by atoms with van der Waals surface area (Å²) in [6.07, 6.45) is -2.86. The van der Waals surface area contributed by atoms with Crippen molar-refractivity contribution < 1.29 is 13.2 Å². The predicted octanol–water partition coefficient (Wildman–Crippen LogP) is 2.30. The van der Waals surface area contributed by atoms with E-state index in [1.165, 1.54) is 17.4 Å². The Morgan fingerprint density at radius 3 is 2.72 bits per heavy atom. The summed E-state index contributed by atoms with van der Waals surface area (Å²) in [5, 5.41) is 2.76. The summed E-state index contributed by atoms with van der Waals surface area (Å²) in [4.78, 5) is 6.25. The van der Waals surface area contributed by atoms with E-state index in [9.17, 15) is 13.2 Å². The number of thiazole rings is 1. The minimum atomic E-state index is -4.18. The van der Waals surface area contributed by atoms with Gasteiger partial charge in [0.05, 0.1) is 5.69 Å². The molecule has 100 valence electrons. The molecule has 0 spiro atoms. The Morgan fingerprint density at radius 2 is 2.22 bits per heavy atom. The van der Waals surface area contributed by atoms with E-state index in [4.69, 9.17) is 5.73 Å². The smallest absolute Gasteiger partial charge is 0.325 e. The summed E-state index contributed by atoms with van der Waals surface area (Å²) in [5.41, 5.74) is 5.92. The van der Waals surface area contributed by atoms with E-state index >= 15 is 0 Å². The number of nitrogens with two attached hydrogens (primary N) is 1. The number of nitrogens with zero attached hydrogens (tertiary/aromatic N) is 2. The molecule has 7 heteroatoms. The Kier molecular flexibility index (Phi) is 4.04. The first-order chi connectivity index (χ1) is 8.49. The third kappa shape index (κ3) is 3.30. The molecule has 1 aromatic heterocycles. The van der Waals surface area contributed by atoms with E-state index in [0.29, 0.717) is 26.2 Å². The van der Waals surface area contributed by atoms with Crippen LogP contribution in [0.25, 0.3) is 0 Å². The summed E-state index contributed by atoms with van der Waals surface area (Å²) in [5.74, 6) is 0. The van der Waals surface area contributed by atoms with Gasteiger partial charge in [0.15, 0.2) is 0 Å². The molecular formula is C11H14F3N3S. The lowest BCUT2D eigenvalue weighted by Gasteiger charge is -2.26. The molecule has 1 aliphatic rings. The molecule has 0 saturated carbocycles. The molecule has 1 aliphatic heterocycles. The van der Waals surface area contributed by atoms with Gasteiger partial charge in [0.2, 0.25) is 0 Å². The van der Waals surface area contributed by atoms with E-state index in [2.05, 4.69) is 4.98 Å². The molecule has 0 fully saturated rings. The van der Waals surface area contributed by atoms with Crippen LogP contribution in [0.2, 0.25) is 0 Å². The Labute approximate surface area is 107 Å². The molecule has 2 heterocycles. The molecule has 18 heavy (non-hydrogen) atoms. The summed E-state index contributed by atoms with van der Waals surface area (Å²) in [6, 6.07) is 0. The third-order valence-electron chi connectivity index (χ3n) is 2.82. The van der Waals surface area contributed by atoms with Crippen LogP contribution in [-0.2, 0) is 13.1 Å². The zero-order valence-corrected chi connectivity index (χ0v) is 10.5. The second kappa shape index (κ2) is 5.38. The summed E-state index contributed by atoms with van der Waals surface area (Å²) in [6.45, 7) is 1.73. The molecule has 0 bridgehead atoms. The van der Waals surface area contributed by atoms with Crippen molar-refractivity contribution >= 4 is 11.3 Å². The Bertz CT molecular complexity index is 439. The Balaban J connectivity index is 1.92. The van der Waals surface area contributed by atoms with Gasteiger partial charge in [0.25, 0.3) is 0 Å². The molecule has 1 aromatic rings. The van der Waals surface area contributed by atoms with E-state index in [-0.39, 0.29) is 6.42 Å². The maximum absolute atomic E-state index is 12.4. The number of rotatable bonds is 3. The lowest BCUT2D eigenvalue weighted by atomic mass is 10.1. The first-order valence-electron chi connectivity index (χ1n) is 5.61. The Morgan fingerprint density at radius 1 is 1.44 bits per heavy atom. The SMILES string of the molecule is NCc1nc(CN2CC=C(C(F)(F)F)CC2)cs1. The minimum absolute atomic E-state index is 0.0530. The van der Waals surface area contributed by atoms with Crippen molar-refractivity contribution in [3.8, 4) is 0 Å². The lowest BCUT2D eigenvalue weighted by Crippen LogP contribution is -2.31. The fourth-order valence-corrected chi connectivity index (χ4v) is 2.52. The molecule has 3 nitrogen and oxygen atoms in total. The van der Waals surface area contributed by atoms with Crippen LogP contribution >= 0.6 is 11.3 Å². The minimum Gasteiger partial charge on any atom is -0.325 e. The molecule has 0 aromatic carbocycles. The van der Waals surface area contributed by atoms with Crippen LogP contribution in [-0.4, -0.2) is 29.1 Å².